The average molecular weight is 376 g/mol. The van der Waals surface area contributed by atoms with E-state index >= 15 is 0 Å². The summed E-state index contributed by atoms with van der Waals surface area (Å²) in [7, 11) is 1.70. The van der Waals surface area contributed by atoms with Crippen molar-refractivity contribution in [3.05, 3.63) is 51.2 Å². The summed E-state index contributed by atoms with van der Waals surface area (Å²) in [5, 5.41) is 6.37. The first-order chi connectivity index (χ1) is 12.4. The molecule has 1 saturated heterocycles. The molecule has 0 radical (unpaired) electrons. The molecule has 1 aromatic heterocycles. The summed E-state index contributed by atoms with van der Waals surface area (Å²) in [6.45, 7) is 6.60. The highest BCUT2D eigenvalue weighted by atomic mass is 32.1. The van der Waals surface area contributed by atoms with Gasteiger partial charge in [-0.2, -0.15) is 0 Å². The average Bonchev–Trinajstić information content (AvgIpc) is 3.28. The zero-order valence-electron chi connectivity index (χ0n) is 15.6. The van der Waals surface area contributed by atoms with Crippen molar-refractivity contribution in [1.29, 1.82) is 0 Å². The lowest BCUT2D eigenvalue weighted by atomic mass is 9.97. The molecule has 3 rings (SSSR count). The largest absolute Gasteiger partial charge is 0.336 e. The van der Waals surface area contributed by atoms with Crippen LogP contribution in [0.5, 0.6) is 0 Å². The van der Waals surface area contributed by atoms with Gasteiger partial charge in [-0.25, -0.2) is 9.37 Å². The number of halogens is 1. The standard InChI is InChI=1S/C20H26FN3OS/c1-13(2)19-23-16(12-26-19)11-24(3)20(25)17-9-14(4-5-18(17)21)8-15-6-7-22-10-15/h4-5,9,12-13,15,22H,6-8,10-11H2,1-3H3. The van der Waals surface area contributed by atoms with E-state index in [1.807, 2.05) is 5.38 Å². The molecule has 140 valence electrons. The summed E-state index contributed by atoms with van der Waals surface area (Å²) in [5.41, 5.74) is 2.02. The van der Waals surface area contributed by atoms with Crippen LogP contribution in [0.1, 0.15) is 52.8 Å². The molecule has 2 heterocycles. The fraction of sp³-hybridized carbons (Fsp3) is 0.500. The maximum atomic E-state index is 14.3. The van der Waals surface area contributed by atoms with E-state index in [1.165, 1.54) is 6.07 Å². The first-order valence-corrected chi connectivity index (χ1v) is 10.0. The van der Waals surface area contributed by atoms with Gasteiger partial charge in [-0.15, -0.1) is 11.3 Å². The molecule has 1 aliphatic heterocycles. The van der Waals surface area contributed by atoms with Crippen LogP contribution in [0.2, 0.25) is 0 Å². The summed E-state index contributed by atoms with van der Waals surface area (Å²) < 4.78 is 14.3. The third-order valence-corrected chi connectivity index (χ3v) is 5.95. The maximum absolute atomic E-state index is 14.3. The highest BCUT2D eigenvalue weighted by molar-refractivity contribution is 7.09. The van der Waals surface area contributed by atoms with Crippen molar-refractivity contribution in [2.75, 3.05) is 20.1 Å². The Morgan fingerprint density at radius 1 is 1.46 bits per heavy atom. The van der Waals surface area contributed by atoms with Crippen LogP contribution >= 0.6 is 11.3 Å². The van der Waals surface area contributed by atoms with E-state index in [1.54, 1.807) is 35.4 Å². The van der Waals surface area contributed by atoms with Crippen molar-refractivity contribution in [3.63, 3.8) is 0 Å². The van der Waals surface area contributed by atoms with Crippen LogP contribution in [0.25, 0.3) is 0 Å². The predicted octanol–water partition coefficient (Wildman–Crippen LogP) is 3.83. The second kappa shape index (κ2) is 8.27. The lowest BCUT2D eigenvalue weighted by Crippen LogP contribution is -2.27. The molecule has 0 saturated carbocycles. The minimum absolute atomic E-state index is 0.148. The van der Waals surface area contributed by atoms with Crippen molar-refractivity contribution < 1.29 is 9.18 Å². The van der Waals surface area contributed by atoms with Crippen LogP contribution in [-0.4, -0.2) is 35.9 Å². The molecule has 26 heavy (non-hydrogen) atoms. The topological polar surface area (TPSA) is 45.2 Å². The van der Waals surface area contributed by atoms with Crippen molar-refractivity contribution >= 4 is 17.2 Å². The molecular weight excluding hydrogens is 349 g/mol. The van der Waals surface area contributed by atoms with E-state index in [4.69, 9.17) is 0 Å². The molecule has 1 unspecified atom stereocenters. The maximum Gasteiger partial charge on any atom is 0.256 e. The van der Waals surface area contributed by atoms with Crippen LogP contribution in [0.3, 0.4) is 0 Å². The molecular formula is C20H26FN3OS. The van der Waals surface area contributed by atoms with Gasteiger partial charge in [-0.05, 0) is 49.5 Å². The molecule has 6 heteroatoms. The lowest BCUT2D eigenvalue weighted by molar-refractivity contribution is 0.0778. The molecule has 1 N–H and O–H groups in total. The van der Waals surface area contributed by atoms with E-state index in [0.29, 0.717) is 18.4 Å². The molecule has 1 aliphatic rings. The van der Waals surface area contributed by atoms with E-state index in [2.05, 4.69) is 24.1 Å². The number of nitrogens with one attached hydrogen (secondary N) is 1. The molecule has 0 bridgehead atoms. The van der Waals surface area contributed by atoms with Crippen molar-refractivity contribution in [3.8, 4) is 0 Å². The SMILES string of the molecule is CC(C)c1nc(CN(C)C(=O)c2cc(CC3CCNC3)ccc2F)cs1. The van der Waals surface area contributed by atoms with E-state index in [-0.39, 0.29) is 11.5 Å². The highest BCUT2D eigenvalue weighted by Gasteiger charge is 2.20. The number of thiazole rings is 1. The Hall–Kier alpha value is -1.79. The molecule has 1 aromatic carbocycles. The summed E-state index contributed by atoms with van der Waals surface area (Å²) >= 11 is 1.60. The van der Waals surface area contributed by atoms with Gasteiger partial charge in [0.15, 0.2) is 0 Å². The summed E-state index contributed by atoms with van der Waals surface area (Å²) in [6.07, 6.45) is 2.00. The number of rotatable bonds is 6. The normalized spacial score (nSPS) is 17.0. The molecule has 1 fully saturated rings. The first-order valence-electron chi connectivity index (χ1n) is 9.13. The monoisotopic (exact) mass is 375 g/mol. The minimum Gasteiger partial charge on any atom is -0.336 e. The second-order valence-corrected chi connectivity index (χ2v) is 8.26. The van der Waals surface area contributed by atoms with Gasteiger partial charge in [-0.3, -0.25) is 4.79 Å². The number of benzene rings is 1. The number of carbonyl (C=O) groups is 1. The zero-order valence-corrected chi connectivity index (χ0v) is 16.4. The Balaban J connectivity index is 1.70. The Labute approximate surface area is 158 Å². The number of nitrogens with zero attached hydrogens (tertiary/aromatic N) is 2. The highest BCUT2D eigenvalue weighted by Crippen LogP contribution is 2.22. The van der Waals surface area contributed by atoms with Crippen LogP contribution < -0.4 is 5.32 Å². The van der Waals surface area contributed by atoms with Crippen molar-refractivity contribution in [2.45, 2.75) is 39.2 Å². The van der Waals surface area contributed by atoms with Gasteiger partial charge < -0.3 is 10.2 Å². The number of amides is 1. The quantitative estimate of drug-likeness (QED) is 0.835. The Morgan fingerprint density at radius 3 is 2.92 bits per heavy atom. The number of carbonyl (C=O) groups excluding carboxylic acids is 1. The third-order valence-electron chi connectivity index (χ3n) is 4.76. The number of aromatic nitrogens is 1. The second-order valence-electron chi connectivity index (χ2n) is 7.37. The van der Waals surface area contributed by atoms with Crippen molar-refractivity contribution in [1.82, 2.24) is 15.2 Å². The van der Waals surface area contributed by atoms with Crippen LogP contribution in [0, 0.1) is 11.7 Å². The molecule has 0 aliphatic carbocycles. The van der Waals surface area contributed by atoms with Gasteiger partial charge in [0.1, 0.15) is 5.82 Å². The van der Waals surface area contributed by atoms with Gasteiger partial charge in [0, 0.05) is 18.3 Å². The molecule has 2 aromatic rings. The molecule has 4 nitrogen and oxygen atoms in total. The fourth-order valence-electron chi connectivity index (χ4n) is 3.27. The zero-order chi connectivity index (χ0) is 18.7. The van der Waals surface area contributed by atoms with Crippen molar-refractivity contribution in [2.24, 2.45) is 5.92 Å². The van der Waals surface area contributed by atoms with Gasteiger partial charge in [0.05, 0.1) is 22.8 Å². The van der Waals surface area contributed by atoms with E-state index in [0.717, 1.165) is 42.2 Å². The Kier molecular flexibility index (Phi) is 6.04. The Morgan fingerprint density at radius 2 is 2.27 bits per heavy atom. The molecule has 1 amide bonds. The van der Waals surface area contributed by atoms with Gasteiger partial charge >= 0.3 is 0 Å². The number of hydrogen-bond donors (Lipinski definition) is 1. The fourth-order valence-corrected chi connectivity index (χ4v) is 4.09. The summed E-state index contributed by atoms with van der Waals surface area (Å²) in [6, 6.07) is 4.92. The van der Waals surface area contributed by atoms with Gasteiger partial charge in [0.25, 0.3) is 5.91 Å². The predicted molar refractivity (Wildman–Crippen MR) is 103 cm³/mol. The third kappa shape index (κ3) is 4.48. The van der Waals surface area contributed by atoms with Crippen LogP contribution in [0.15, 0.2) is 23.6 Å². The molecule has 0 spiro atoms. The lowest BCUT2D eigenvalue weighted by Gasteiger charge is -2.17. The summed E-state index contributed by atoms with van der Waals surface area (Å²) in [5.74, 6) is 0.170. The minimum atomic E-state index is -0.462. The smallest absolute Gasteiger partial charge is 0.256 e. The first kappa shape index (κ1) is 19.0. The van der Waals surface area contributed by atoms with E-state index < -0.39 is 5.82 Å². The number of hydrogen-bond acceptors (Lipinski definition) is 4. The van der Waals surface area contributed by atoms with E-state index in [9.17, 15) is 9.18 Å². The Bertz CT molecular complexity index is 768. The van der Waals surface area contributed by atoms with Gasteiger partial charge in [-0.1, -0.05) is 19.9 Å². The molecule has 1 atom stereocenters. The summed E-state index contributed by atoms with van der Waals surface area (Å²) in [4.78, 5) is 18.8. The van der Waals surface area contributed by atoms with Gasteiger partial charge in [0.2, 0.25) is 0 Å². The van der Waals surface area contributed by atoms with Crippen LogP contribution in [-0.2, 0) is 13.0 Å². The van der Waals surface area contributed by atoms with Crippen LogP contribution in [0.4, 0.5) is 4.39 Å².